The van der Waals surface area contributed by atoms with Gasteiger partial charge in [0, 0.05) is 27.5 Å². The summed E-state index contributed by atoms with van der Waals surface area (Å²) in [6, 6.07) is 45.9. The first-order valence-corrected chi connectivity index (χ1v) is 18.6. The molecule has 0 fully saturated rings. The molecule has 0 aromatic heterocycles. The van der Waals surface area contributed by atoms with Gasteiger partial charge in [-0.3, -0.25) is 0 Å². The van der Waals surface area contributed by atoms with Crippen molar-refractivity contribution in [2.45, 2.75) is 52.4 Å². The third-order valence-electron chi connectivity index (χ3n) is 9.02. The van der Waals surface area contributed by atoms with E-state index in [0.29, 0.717) is 0 Å². The van der Waals surface area contributed by atoms with Gasteiger partial charge in [0.25, 0.3) is 18.1 Å². The average Bonchev–Trinajstić information content (AvgIpc) is 3.11. The van der Waals surface area contributed by atoms with Crippen molar-refractivity contribution in [1.29, 1.82) is 0 Å². The summed E-state index contributed by atoms with van der Waals surface area (Å²) in [6.07, 6.45) is 0. The van der Waals surface area contributed by atoms with Gasteiger partial charge in [0.2, 0.25) is 0 Å². The second-order valence-electron chi connectivity index (χ2n) is 14.6. The van der Waals surface area contributed by atoms with Gasteiger partial charge in [-0.05, 0) is 62.2 Å². The number of hydrogen-bond acceptors (Lipinski definition) is 4. The molecule has 4 nitrogen and oxygen atoms in total. The van der Waals surface area contributed by atoms with Crippen LogP contribution in [0.5, 0.6) is 23.0 Å². The summed E-state index contributed by atoms with van der Waals surface area (Å²) in [5.74, 6) is 3.12. The van der Waals surface area contributed by atoms with Gasteiger partial charge < -0.3 is 18.1 Å². The summed E-state index contributed by atoms with van der Waals surface area (Å²) in [5, 5.41) is 6.57. The monoisotopic (exact) mass is 696 g/mol. The molecule has 50 heavy (non-hydrogen) atoms. The Hall–Kier alpha value is -4.62. The second-order valence-corrected chi connectivity index (χ2v) is 15.7. The van der Waals surface area contributed by atoms with E-state index in [2.05, 4.69) is 126 Å². The summed E-state index contributed by atoms with van der Waals surface area (Å²) in [7, 11) is -0.526. The summed E-state index contributed by atoms with van der Waals surface area (Å²) in [6.45, 7) is 13.5. The zero-order valence-corrected chi connectivity index (χ0v) is 31.3. The topological polar surface area (TPSA) is 36.9 Å². The molecule has 6 heteroatoms. The van der Waals surface area contributed by atoms with Gasteiger partial charge in [0.15, 0.2) is 0 Å². The predicted octanol–water partition coefficient (Wildman–Crippen LogP) is 13.3. The standard InChI is InChI=1S/C44H42O4P2/c1-43(2,3)32-27-36(42(37(28-32)44(4,5)6)48-50-46-39-24-14-19-30-16-8-11-21-34(30)39)41-35-22-12-9-17-31(35)25-26-40(41)47-49-45-38-23-13-18-29-15-7-10-20-33(29)38/h7-28,49-50H,1-6H3. The Morgan fingerprint density at radius 2 is 0.900 bits per heavy atom. The lowest BCUT2D eigenvalue weighted by atomic mass is 9.77. The van der Waals surface area contributed by atoms with E-state index in [1.807, 2.05) is 48.5 Å². The highest BCUT2D eigenvalue weighted by molar-refractivity contribution is 7.27. The zero-order chi connectivity index (χ0) is 34.9. The van der Waals surface area contributed by atoms with Crippen LogP contribution in [-0.2, 0) is 10.8 Å². The van der Waals surface area contributed by atoms with Crippen molar-refractivity contribution in [2.24, 2.45) is 0 Å². The van der Waals surface area contributed by atoms with Gasteiger partial charge in [0.1, 0.15) is 23.0 Å². The highest BCUT2D eigenvalue weighted by atomic mass is 31.1. The molecule has 7 rings (SSSR count). The highest BCUT2D eigenvalue weighted by Gasteiger charge is 2.29. The minimum Gasteiger partial charge on any atom is -0.440 e. The van der Waals surface area contributed by atoms with Crippen molar-refractivity contribution in [3.8, 4) is 34.1 Å². The fourth-order valence-corrected chi connectivity index (χ4v) is 7.50. The second kappa shape index (κ2) is 13.9. The maximum absolute atomic E-state index is 6.82. The van der Waals surface area contributed by atoms with Gasteiger partial charge in [-0.1, -0.05) is 151 Å². The zero-order valence-electron chi connectivity index (χ0n) is 29.3. The first-order chi connectivity index (χ1) is 24.1. The van der Waals surface area contributed by atoms with E-state index < -0.39 is 0 Å². The fourth-order valence-electron chi connectivity index (χ4n) is 6.32. The van der Waals surface area contributed by atoms with Gasteiger partial charge in [0.05, 0.1) is 0 Å². The van der Waals surface area contributed by atoms with Gasteiger partial charge >= 0.3 is 0 Å². The minimum absolute atomic E-state index is 0.111. The maximum atomic E-state index is 6.82. The van der Waals surface area contributed by atoms with E-state index in [1.54, 1.807) is 0 Å². The Morgan fingerprint density at radius 3 is 1.46 bits per heavy atom. The Bertz CT molecular complexity index is 2310. The van der Waals surface area contributed by atoms with Crippen LogP contribution >= 0.6 is 18.1 Å². The van der Waals surface area contributed by atoms with E-state index in [9.17, 15) is 0 Å². The Labute approximate surface area is 298 Å². The van der Waals surface area contributed by atoms with Crippen molar-refractivity contribution in [3.05, 3.63) is 145 Å². The molecule has 0 radical (unpaired) electrons. The average molecular weight is 697 g/mol. The van der Waals surface area contributed by atoms with E-state index in [0.717, 1.165) is 72.0 Å². The number of hydrogen-bond donors (Lipinski definition) is 0. The Morgan fingerprint density at radius 1 is 0.420 bits per heavy atom. The molecule has 2 unspecified atom stereocenters. The van der Waals surface area contributed by atoms with E-state index >= 15 is 0 Å². The first-order valence-electron chi connectivity index (χ1n) is 16.9. The molecule has 7 aromatic rings. The minimum atomic E-state index is -0.267. The molecule has 2 atom stereocenters. The van der Waals surface area contributed by atoms with Crippen LogP contribution in [-0.4, -0.2) is 0 Å². The molecule has 0 N–H and O–H groups in total. The lowest BCUT2D eigenvalue weighted by Gasteiger charge is -2.30. The summed E-state index contributed by atoms with van der Waals surface area (Å²) >= 11 is 0. The third-order valence-corrected chi connectivity index (χ3v) is 10.2. The molecule has 0 spiro atoms. The molecule has 0 bridgehead atoms. The van der Waals surface area contributed by atoms with Gasteiger partial charge in [-0.2, -0.15) is 0 Å². The quantitative estimate of drug-likeness (QED) is 0.141. The SMILES string of the molecule is CC(C)(C)c1cc(-c2c(OPOc3cccc4ccccc34)ccc3ccccc23)c(OPOc2cccc3ccccc23)c(C(C)(C)C)c1. The van der Waals surface area contributed by atoms with Crippen LogP contribution in [0.3, 0.4) is 0 Å². The van der Waals surface area contributed by atoms with Crippen LogP contribution in [0.2, 0.25) is 0 Å². The van der Waals surface area contributed by atoms with Crippen LogP contribution in [0.1, 0.15) is 52.7 Å². The smallest absolute Gasteiger partial charge is 0.275 e. The number of rotatable bonds is 9. The molecule has 0 saturated heterocycles. The van der Waals surface area contributed by atoms with Crippen LogP contribution in [0.25, 0.3) is 43.4 Å². The van der Waals surface area contributed by atoms with Crippen molar-refractivity contribution in [3.63, 3.8) is 0 Å². The largest absolute Gasteiger partial charge is 0.440 e. The molecule has 0 aliphatic rings. The lowest BCUT2D eigenvalue weighted by Crippen LogP contribution is -2.18. The van der Waals surface area contributed by atoms with E-state index in [4.69, 9.17) is 18.1 Å². The molecule has 0 saturated carbocycles. The fraction of sp³-hybridized carbons (Fsp3) is 0.182. The third kappa shape index (κ3) is 7.02. The van der Waals surface area contributed by atoms with Crippen LogP contribution in [0.4, 0.5) is 0 Å². The molecule has 0 aliphatic carbocycles. The molecule has 0 aliphatic heterocycles. The summed E-state index contributed by atoms with van der Waals surface area (Å²) in [4.78, 5) is 0. The van der Waals surface area contributed by atoms with E-state index in [-0.39, 0.29) is 28.9 Å². The Kier molecular flexibility index (Phi) is 9.44. The predicted molar refractivity (Wildman–Crippen MR) is 214 cm³/mol. The van der Waals surface area contributed by atoms with Crippen molar-refractivity contribution in [2.75, 3.05) is 0 Å². The highest BCUT2D eigenvalue weighted by Crippen LogP contribution is 2.50. The first kappa shape index (κ1) is 33.9. The molecule has 0 heterocycles. The molecule has 7 aromatic carbocycles. The normalized spacial score (nSPS) is 12.4. The summed E-state index contributed by atoms with van der Waals surface area (Å²) < 4.78 is 26.1. The summed E-state index contributed by atoms with van der Waals surface area (Å²) in [5.41, 5.74) is 3.94. The molecule has 0 amide bonds. The Balaban J connectivity index is 1.33. The van der Waals surface area contributed by atoms with Gasteiger partial charge in [-0.25, -0.2) is 0 Å². The van der Waals surface area contributed by atoms with Crippen LogP contribution in [0, 0.1) is 0 Å². The van der Waals surface area contributed by atoms with Crippen LogP contribution in [0.15, 0.2) is 133 Å². The molecular weight excluding hydrogens is 654 g/mol. The molecular formula is C44H42O4P2. The van der Waals surface area contributed by atoms with Crippen molar-refractivity contribution >= 4 is 50.4 Å². The van der Waals surface area contributed by atoms with Gasteiger partial charge in [-0.15, -0.1) is 0 Å². The number of benzene rings is 7. The van der Waals surface area contributed by atoms with E-state index in [1.165, 1.54) is 5.56 Å². The van der Waals surface area contributed by atoms with Crippen molar-refractivity contribution in [1.82, 2.24) is 0 Å². The van der Waals surface area contributed by atoms with Crippen LogP contribution < -0.4 is 18.1 Å². The number of fused-ring (bicyclic) bond motifs is 3. The van der Waals surface area contributed by atoms with Crippen molar-refractivity contribution < 1.29 is 18.1 Å². The molecule has 252 valence electrons. The maximum Gasteiger partial charge on any atom is 0.275 e. The lowest BCUT2D eigenvalue weighted by molar-refractivity contribution is 0.492.